The molecule has 1 N–H and O–H groups in total. The molecule has 0 atom stereocenters. The highest BCUT2D eigenvalue weighted by atomic mass is 16.3. The fraction of sp³-hybridized carbons (Fsp3) is 0.714. The molecule has 0 aromatic carbocycles. The Kier molecular flexibility index (Phi) is 11.1. The average molecular weight is 210 g/mol. The summed E-state index contributed by atoms with van der Waals surface area (Å²) >= 11 is 0. The van der Waals surface area contributed by atoms with E-state index >= 15 is 0 Å². The van der Waals surface area contributed by atoms with Crippen LogP contribution in [0.4, 0.5) is 0 Å². The van der Waals surface area contributed by atoms with Crippen molar-refractivity contribution in [2.24, 2.45) is 5.92 Å². The molecule has 0 aromatic heterocycles. The van der Waals surface area contributed by atoms with Crippen molar-refractivity contribution in [3.05, 3.63) is 24.3 Å². The minimum absolute atomic E-state index is 0.333. The molecule has 0 radical (unpaired) electrons. The Bertz CT molecular complexity index is 152. The second-order valence-corrected chi connectivity index (χ2v) is 3.96. The predicted octanol–water partition coefficient (Wildman–Crippen LogP) is 4.09. The summed E-state index contributed by atoms with van der Waals surface area (Å²) in [6.45, 7) is 4.63. The van der Waals surface area contributed by atoms with Gasteiger partial charge in [-0.1, -0.05) is 38.2 Å². The molecule has 0 saturated carbocycles. The molecule has 88 valence electrons. The third-order valence-corrected chi connectivity index (χ3v) is 2.55. The van der Waals surface area contributed by atoms with Gasteiger partial charge in [0.2, 0.25) is 0 Å². The van der Waals surface area contributed by atoms with Gasteiger partial charge in [-0.2, -0.15) is 0 Å². The first-order valence-corrected chi connectivity index (χ1v) is 6.25. The van der Waals surface area contributed by atoms with Crippen LogP contribution in [-0.2, 0) is 0 Å². The van der Waals surface area contributed by atoms with E-state index < -0.39 is 0 Å². The van der Waals surface area contributed by atoms with Crippen LogP contribution < -0.4 is 0 Å². The molecule has 0 spiro atoms. The number of rotatable bonds is 9. The number of aliphatic hydroxyl groups is 1. The molecule has 0 aliphatic heterocycles. The van der Waals surface area contributed by atoms with Crippen LogP contribution in [0, 0.1) is 5.92 Å². The second-order valence-electron chi connectivity index (χ2n) is 3.96. The monoisotopic (exact) mass is 210 g/mol. The van der Waals surface area contributed by atoms with Crippen molar-refractivity contribution in [1.29, 1.82) is 0 Å². The van der Waals surface area contributed by atoms with Crippen molar-refractivity contribution < 1.29 is 5.11 Å². The minimum Gasteiger partial charge on any atom is -0.396 e. The zero-order valence-electron chi connectivity index (χ0n) is 10.3. The minimum atomic E-state index is 0.333. The summed E-state index contributed by atoms with van der Waals surface area (Å²) in [5.74, 6) is 0.480. The highest BCUT2D eigenvalue weighted by molar-refractivity contribution is 4.83. The molecule has 0 saturated heterocycles. The van der Waals surface area contributed by atoms with E-state index in [1.54, 1.807) is 0 Å². The molecule has 0 aliphatic carbocycles. The van der Waals surface area contributed by atoms with Crippen molar-refractivity contribution in [1.82, 2.24) is 0 Å². The fourth-order valence-corrected chi connectivity index (χ4v) is 1.56. The van der Waals surface area contributed by atoms with Gasteiger partial charge in [-0.05, 0) is 44.4 Å². The van der Waals surface area contributed by atoms with Gasteiger partial charge in [0.1, 0.15) is 0 Å². The average Bonchev–Trinajstić information content (AvgIpc) is 2.27. The van der Waals surface area contributed by atoms with Gasteiger partial charge in [-0.15, -0.1) is 0 Å². The van der Waals surface area contributed by atoms with Gasteiger partial charge >= 0.3 is 0 Å². The molecule has 0 amide bonds. The van der Waals surface area contributed by atoms with Crippen LogP contribution in [0.25, 0.3) is 0 Å². The van der Waals surface area contributed by atoms with E-state index in [-0.39, 0.29) is 0 Å². The van der Waals surface area contributed by atoms with Crippen molar-refractivity contribution in [3.63, 3.8) is 0 Å². The Morgan fingerprint density at radius 3 is 1.67 bits per heavy atom. The quantitative estimate of drug-likeness (QED) is 0.568. The van der Waals surface area contributed by atoms with Crippen molar-refractivity contribution >= 4 is 0 Å². The molecule has 0 bridgehead atoms. The summed E-state index contributed by atoms with van der Waals surface area (Å²) in [6.07, 6.45) is 15.5. The molecule has 1 heteroatoms. The maximum Gasteiger partial charge on any atom is 0.0459 e. The maximum absolute atomic E-state index is 9.19. The topological polar surface area (TPSA) is 20.2 Å². The highest BCUT2D eigenvalue weighted by Crippen LogP contribution is 2.13. The fourth-order valence-electron chi connectivity index (χ4n) is 1.56. The van der Waals surface area contributed by atoms with Gasteiger partial charge in [-0.25, -0.2) is 0 Å². The van der Waals surface area contributed by atoms with Crippen molar-refractivity contribution in [2.45, 2.75) is 52.4 Å². The lowest BCUT2D eigenvalue weighted by Gasteiger charge is -2.10. The molecule has 0 heterocycles. The summed E-state index contributed by atoms with van der Waals surface area (Å²) in [5.41, 5.74) is 0. The number of hydrogen-bond acceptors (Lipinski definition) is 1. The summed E-state index contributed by atoms with van der Waals surface area (Å²) in [4.78, 5) is 0. The van der Waals surface area contributed by atoms with E-state index in [0.29, 0.717) is 12.5 Å². The Labute approximate surface area is 94.9 Å². The lowest BCUT2D eigenvalue weighted by molar-refractivity contribution is 0.212. The summed E-state index contributed by atoms with van der Waals surface area (Å²) < 4.78 is 0. The zero-order valence-corrected chi connectivity index (χ0v) is 10.3. The van der Waals surface area contributed by atoms with Crippen LogP contribution in [-0.4, -0.2) is 11.7 Å². The van der Waals surface area contributed by atoms with Crippen LogP contribution in [0.3, 0.4) is 0 Å². The van der Waals surface area contributed by atoms with E-state index in [2.05, 4.69) is 38.2 Å². The summed E-state index contributed by atoms with van der Waals surface area (Å²) in [5, 5.41) is 9.19. The van der Waals surface area contributed by atoms with Crippen LogP contribution in [0.5, 0.6) is 0 Å². The second kappa shape index (κ2) is 11.5. The largest absolute Gasteiger partial charge is 0.396 e. The van der Waals surface area contributed by atoms with Crippen LogP contribution in [0.1, 0.15) is 52.4 Å². The van der Waals surface area contributed by atoms with E-state index in [1.807, 2.05) is 0 Å². The Balaban J connectivity index is 3.54. The standard InChI is InChI=1S/C14H26O/c1-3-5-7-9-11-14(13-15)12-10-8-6-4-2/h5-8,14-15H,3-4,9-13H2,1-2H3/b7-5-,8-6-. The molecule has 0 rings (SSSR count). The van der Waals surface area contributed by atoms with Gasteiger partial charge in [0.15, 0.2) is 0 Å². The SMILES string of the molecule is CC/C=C\CCC(CO)CC/C=C\CC. The number of hydrogen-bond donors (Lipinski definition) is 1. The van der Waals surface area contributed by atoms with Gasteiger partial charge in [-0.3, -0.25) is 0 Å². The highest BCUT2D eigenvalue weighted by Gasteiger charge is 2.04. The molecule has 0 fully saturated rings. The molecule has 1 nitrogen and oxygen atoms in total. The molecule has 0 unspecified atom stereocenters. The summed E-state index contributed by atoms with van der Waals surface area (Å²) in [7, 11) is 0. The first-order valence-electron chi connectivity index (χ1n) is 6.25. The maximum atomic E-state index is 9.19. The van der Waals surface area contributed by atoms with Gasteiger partial charge in [0, 0.05) is 6.61 Å². The Morgan fingerprint density at radius 2 is 1.33 bits per heavy atom. The first kappa shape index (κ1) is 14.4. The zero-order chi connectivity index (χ0) is 11.4. The molecular formula is C14H26O. The van der Waals surface area contributed by atoms with Crippen LogP contribution >= 0.6 is 0 Å². The normalized spacial score (nSPS) is 12.3. The molecule has 0 aliphatic rings. The molecule has 15 heavy (non-hydrogen) atoms. The van der Waals surface area contributed by atoms with E-state index in [1.165, 1.54) is 0 Å². The third kappa shape index (κ3) is 9.74. The van der Waals surface area contributed by atoms with E-state index in [9.17, 15) is 5.11 Å². The Hall–Kier alpha value is -0.560. The smallest absolute Gasteiger partial charge is 0.0459 e. The molecular weight excluding hydrogens is 184 g/mol. The number of aliphatic hydroxyl groups excluding tert-OH is 1. The summed E-state index contributed by atoms with van der Waals surface area (Å²) in [6, 6.07) is 0. The number of allylic oxidation sites excluding steroid dienone is 4. The van der Waals surface area contributed by atoms with Gasteiger partial charge in [0.25, 0.3) is 0 Å². The van der Waals surface area contributed by atoms with Crippen molar-refractivity contribution in [2.75, 3.05) is 6.61 Å². The van der Waals surface area contributed by atoms with Crippen LogP contribution in [0.15, 0.2) is 24.3 Å². The lowest BCUT2D eigenvalue weighted by Crippen LogP contribution is -2.04. The van der Waals surface area contributed by atoms with Crippen LogP contribution in [0.2, 0.25) is 0 Å². The van der Waals surface area contributed by atoms with E-state index in [4.69, 9.17) is 0 Å². The first-order chi connectivity index (χ1) is 7.35. The predicted molar refractivity (Wildman–Crippen MR) is 67.9 cm³/mol. The Morgan fingerprint density at radius 1 is 0.867 bits per heavy atom. The lowest BCUT2D eigenvalue weighted by atomic mass is 9.98. The van der Waals surface area contributed by atoms with Gasteiger partial charge in [0.05, 0.1) is 0 Å². The third-order valence-electron chi connectivity index (χ3n) is 2.55. The molecule has 0 aromatic rings. The van der Waals surface area contributed by atoms with Gasteiger partial charge < -0.3 is 5.11 Å². The van der Waals surface area contributed by atoms with Crippen molar-refractivity contribution in [3.8, 4) is 0 Å². The van der Waals surface area contributed by atoms with E-state index in [0.717, 1.165) is 38.5 Å².